The Hall–Kier alpha value is -2.71. The normalized spacial score (nSPS) is 19.7. The van der Waals surface area contributed by atoms with Crippen LogP contribution in [0.4, 0.5) is 0 Å². The van der Waals surface area contributed by atoms with Gasteiger partial charge in [0, 0.05) is 18.4 Å². The van der Waals surface area contributed by atoms with E-state index in [4.69, 9.17) is 4.74 Å². The summed E-state index contributed by atoms with van der Waals surface area (Å²) in [4.78, 5) is 23.4. The van der Waals surface area contributed by atoms with Gasteiger partial charge in [0.25, 0.3) is 0 Å². The molecule has 1 aliphatic carbocycles. The number of piperidine rings is 1. The van der Waals surface area contributed by atoms with Gasteiger partial charge < -0.3 is 4.74 Å². The highest BCUT2D eigenvalue weighted by Gasteiger charge is 2.27. The van der Waals surface area contributed by atoms with E-state index in [1.165, 1.54) is 12.8 Å². The van der Waals surface area contributed by atoms with E-state index in [1.54, 1.807) is 12.1 Å². The van der Waals surface area contributed by atoms with Crippen molar-refractivity contribution in [3.05, 3.63) is 65.2 Å². The fraction of sp³-hybridized carbons (Fsp3) is 0.440. The molecule has 2 atom stereocenters. The van der Waals surface area contributed by atoms with Gasteiger partial charge in [0.05, 0.1) is 12.4 Å². The maximum absolute atomic E-state index is 12.8. The molecule has 2 fully saturated rings. The molecule has 2 aromatic carbocycles. The molecule has 1 heterocycles. The number of nitrogens with one attached hydrogen (secondary N) is 2. The highest BCUT2D eigenvalue weighted by molar-refractivity contribution is 7.88. The molecule has 8 heteroatoms. The number of benzene rings is 2. The number of hydrogen-bond acceptors (Lipinski definition) is 5. The maximum Gasteiger partial charge on any atom is 0.230 e. The molecule has 1 aliphatic heterocycles. The predicted octanol–water partition coefficient (Wildman–Crippen LogP) is 3.25. The maximum atomic E-state index is 12.8. The van der Waals surface area contributed by atoms with E-state index in [0.717, 1.165) is 16.9 Å². The Morgan fingerprint density at radius 1 is 1.06 bits per heavy atom. The van der Waals surface area contributed by atoms with Gasteiger partial charge in [-0.25, -0.2) is 13.1 Å². The Morgan fingerprint density at radius 2 is 1.82 bits per heavy atom. The van der Waals surface area contributed by atoms with Crippen molar-refractivity contribution in [2.75, 3.05) is 6.61 Å². The van der Waals surface area contributed by atoms with Crippen LogP contribution in [0.15, 0.2) is 48.5 Å². The van der Waals surface area contributed by atoms with E-state index in [0.29, 0.717) is 37.4 Å². The van der Waals surface area contributed by atoms with Crippen molar-refractivity contribution < 1.29 is 22.7 Å². The highest BCUT2D eigenvalue weighted by Crippen LogP contribution is 2.30. The van der Waals surface area contributed by atoms with Crippen LogP contribution in [0.2, 0.25) is 0 Å². The summed E-state index contributed by atoms with van der Waals surface area (Å²) in [5.41, 5.74) is 2.38. The first-order chi connectivity index (χ1) is 15.8. The predicted molar refractivity (Wildman–Crippen MR) is 125 cm³/mol. The van der Waals surface area contributed by atoms with Crippen molar-refractivity contribution in [3.63, 3.8) is 0 Å². The van der Waals surface area contributed by atoms with Crippen LogP contribution in [0, 0.1) is 11.8 Å². The lowest BCUT2D eigenvalue weighted by Crippen LogP contribution is -2.41. The molecule has 7 nitrogen and oxygen atoms in total. The standard InChI is InChI=1S/C25H30N2O5S/c1-17(21-6-3-7-23(14-21)32-15-18-8-9-18)27-33(30,31)16-20-5-2-4-19(12-20)13-22-10-11-24(28)26-25(22)29/h2-7,12,14,17-18,22,27H,8-11,13,15-16H2,1H3,(H,26,28,29)/t17-,22?/m1/s1. The van der Waals surface area contributed by atoms with Gasteiger partial charge in [0.1, 0.15) is 5.75 Å². The van der Waals surface area contributed by atoms with Crippen LogP contribution in [0.1, 0.15) is 55.3 Å². The van der Waals surface area contributed by atoms with Gasteiger partial charge in [-0.15, -0.1) is 0 Å². The largest absolute Gasteiger partial charge is 0.493 e. The van der Waals surface area contributed by atoms with E-state index in [-0.39, 0.29) is 23.5 Å². The minimum Gasteiger partial charge on any atom is -0.493 e. The molecule has 2 N–H and O–H groups in total. The Kier molecular flexibility index (Phi) is 7.14. The SMILES string of the molecule is C[C@@H](NS(=O)(=O)Cc1cccc(CC2CCC(=O)NC2=O)c1)c1cccc(OCC2CC2)c1. The average Bonchev–Trinajstić information content (AvgIpc) is 3.59. The zero-order valence-electron chi connectivity index (χ0n) is 18.8. The first-order valence-corrected chi connectivity index (χ1v) is 13.1. The number of imide groups is 1. The van der Waals surface area contributed by atoms with Gasteiger partial charge >= 0.3 is 0 Å². The molecule has 2 aliphatic rings. The van der Waals surface area contributed by atoms with Crippen molar-refractivity contribution in [1.29, 1.82) is 0 Å². The van der Waals surface area contributed by atoms with Crippen LogP contribution in [-0.4, -0.2) is 26.8 Å². The zero-order valence-corrected chi connectivity index (χ0v) is 19.6. The van der Waals surface area contributed by atoms with Crippen LogP contribution in [-0.2, 0) is 31.8 Å². The average molecular weight is 471 g/mol. The third-order valence-electron chi connectivity index (χ3n) is 6.08. The number of ether oxygens (including phenoxy) is 1. The fourth-order valence-corrected chi connectivity index (χ4v) is 5.41. The first-order valence-electron chi connectivity index (χ1n) is 11.4. The monoisotopic (exact) mass is 470 g/mol. The summed E-state index contributed by atoms with van der Waals surface area (Å²) in [6.07, 6.45) is 3.74. The van der Waals surface area contributed by atoms with E-state index in [2.05, 4.69) is 10.0 Å². The van der Waals surface area contributed by atoms with Crippen molar-refractivity contribution >= 4 is 21.8 Å². The van der Waals surface area contributed by atoms with Crippen LogP contribution in [0.3, 0.4) is 0 Å². The summed E-state index contributed by atoms with van der Waals surface area (Å²) >= 11 is 0. The fourth-order valence-electron chi connectivity index (χ4n) is 4.03. The summed E-state index contributed by atoms with van der Waals surface area (Å²) < 4.78 is 34.2. The zero-order chi connectivity index (χ0) is 23.4. The molecule has 0 bridgehead atoms. The second kappa shape index (κ2) is 10.1. The second-order valence-corrected chi connectivity index (χ2v) is 10.9. The summed E-state index contributed by atoms with van der Waals surface area (Å²) in [6.45, 7) is 2.52. The van der Waals surface area contributed by atoms with Gasteiger partial charge in [-0.3, -0.25) is 14.9 Å². The topological polar surface area (TPSA) is 102 Å². The van der Waals surface area contributed by atoms with Crippen LogP contribution >= 0.6 is 0 Å². The summed E-state index contributed by atoms with van der Waals surface area (Å²) in [5, 5.41) is 2.37. The molecule has 2 aromatic rings. The Bertz CT molecular complexity index is 1130. The molecular weight excluding hydrogens is 440 g/mol. The molecule has 4 rings (SSSR count). The van der Waals surface area contributed by atoms with Crippen molar-refractivity contribution in [3.8, 4) is 5.75 Å². The molecule has 0 aromatic heterocycles. The summed E-state index contributed by atoms with van der Waals surface area (Å²) in [5.74, 6) is 0.474. The quantitative estimate of drug-likeness (QED) is 0.519. The van der Waals surface area contributed by atoms with Gasteiger partial charge in [0.15, 0.2) is 0 Å². The Labute approximate surface area is 195 Å². The van der Waals surface area contributed by atoms with Gasteiger partial charge in [0.2, 0.25) is 21.8 Å². The molecule has 1 saturated heterocycles. The smallest absolute Gasteiger partial charge is 0.230 e. The molecule has 2 amide bonds. The molecule has 0 radical (unpaired) electrons. The number of carbonyl (C=O) groups is 2. The van der Waals surface area contributed by atoms with Gasteiger partial charge in [-0.05, 0) is 67.3 Å². The first kappa shape index (κ1) is 23.4. The van der Waals surface area contributed by atoms with Crippen LogP contribution in [0.25, 0.3) is 0 Å². The Balaban J connectivity index is 1.36. The van der Waals surface area contributed by atoms with E-state index in [1.807, 2.05) is 43.3 Å². The minimum atomic E-state index is -3.59. The summed E-state index contributed by atoms with van der Waals surface area (Å²) in [6, 6.07) is 14.4. The third-order valence-corrected chi connectivity index (χ3v) is 7.51. The van der Waals surface area contributed by atoms with Crippen LogP contribution < -0.4 is 14.8 Å². The van der Waals surface area contributed by atoms with Gasteiger partial charge in [-0.2, -0.15) is 0 Å². The van der Waals surface area contributed by atoms with E-state index >= 15 is 0 Å². The number of rotatable bonds is 10. The molecule has 0 spiro atoms. The summed E-state index contributed by atoms with van der Waals surface area (Å²) in [7, 11) is -3.59. The van der Waals surface area contributed by atoms with E-state index < -0.39 is 16.1 Å². The lowest BCUT2D eigenvalue weighted by molar-refractivity contribution is -0.136. The molecule has 1 saturated carbocycles. The van der Waals surface area contributed by atoms with Gasteiger partial charge in [-0.1, -0.05) is 36.4 Å². The number of hydrogen-bond donors (Lipinski definition) is 2. The van der Waals surface area contributed by atoms with Crippen molar-refractivity contribution in [1.82, 2.24) is 10.0 Å². The molecule has 33 heavy (non-hydrogen) atoms. The molecule has 176 valence electrons. The minimum absolute atomic E-state index is 0.154. The van der Waals surface area contributed by atoms with Crippen molar-refractivity contribution in [2.24, 2.45) is 11.8 Å². The number of carbonyl (C=O) groups excluding carboxylic acids is 2. The molecular formula is C25H30N2O5S. The Morgan fingerprint density at radius 3 is 2.58 bits per heavy atom. The molecule has 1 unspecified atom stereocenters. The van der Waals surface area contributed by atoms with E-state index in [9.17, 15) is 18.0 Å². The number of sulfonamides is 1. The number of amides is 2. The highest BCUT2D eigenvalue weighted by atomic mass is 32.2. The van der Waals surface area contributed by atoms with Crippen LogP contribution in [0.5, 0.6) is 5.75 Å². The lowest BCUT2D eigenvalue weighted by atomic mass is 9.91. The second-order valence-electron chi connectivity index (χ2n) is 9.10. The third kappa shape index (κ3) is 6.88. The van der Waals surface area contributed by atoms with Crippen molar-refractivity contribution in [2.45, 2.75) is 50.8 Å². The lowest BCUT2D eigenvalue weighted by Gasteiger charge is -2.21.